The molecule has 2 rings (SSSR count). The van der Waals surface area contributed by atoms with Crippen molar-refractivity contribution >= 4 is 5.91 Å². The molecule has 1 amide bonds. The zero-order valence-electron chi connectivity index (χ0n) is 12.2. The van der Waals surface area contributed by atoms with Gasteiger partial charge in [-0.25, -0.2) is 0 Å². The molecule has 0 aromatic carbocycles. The number of aromatic hydroxyl groups is 1. The van der Waals surface area contributed by atoms with Gasteiger partial charge in [-0.15, -0.1) is 0 Å². The van der Waals surface area contributed by atoms with E-state index in [4.69, 9.17) is 0 Å². The van der Waals surface area contributed by atoms with Gasteiger partial charge in [0.1, 0.15) is 5.82 Å². The molecule has 1 atom stereocenters. The fourth-order valence-electron chi connectivity index (χ4n) is 2.48. The molecule has 0 aliphatic carbocycles. The number of likely N-dealkylation sites (N-methyl/N-ethyl adjacent to an activating group) is 1. The van der Waals surface area contributed by atoms with E-state index in [1.807, 2.05) is 6.92 Å². The molecule has 1 N–H and O–H groups in total. The van der Waals surface area contributed by atoms with Crippen LogP contribution in [0.25, 0.3) is 0 Å². The molecule has 0 radical (unpaired) electrons. The van der Waals surface area contributed by atoms with Crippen LogP contribution in [-0.4, -0.2) is 38.6 Å². The number of hydrogen-bond donors (Lipinski definition) is 1. The van der Waals surface area contributed by atoms with Crippen molar-refractivity contribution in [3.63, 3.8) is 0 Å². The maximum absolute atomic E-state index is 12.3. The molecule has 0 bridgehead atoms. The van der Waals surface area contributed by atoms with Crippen molar-refractivity contribution in [2.75, 3.05) is 7.05 Å². The molecule has 6 nitrogen and oxygen atoms in total. The molecule has 0 saturated carbocycles. The summed E-state index contributed by atoms with van der Waals surface area (Å²) in [6, 6.07) is 0.0172. The van der Waals surface area contributed by atoms with Gasteiger partial charge in [0.05, 0.1) is 0 Å². The number of nitrogens with zero attached hydrogens (tertiary/aromatic N) is 3. The Kier molecular flexibility index (Phi) is 4.11. The smallest absolute Gasteiger partial charge is 0.315 e. The van der Waals surface area contributed by atoms with Crippen molar-refractivity contribution in [3.05, 3.63) is 21.9 Å². The second-order valence-electron chi connectivity index (χ2n) is 5.36. The minimum Gasteiger partial charge on any atom is -0.501 e. The Labute approximate surface area is 118 Å². The van der Waals surface area contributed by atoms with E-state index < -0.39 is 11.3 Å². The predicted molar refractivity (Wildman–Crippen MR) is 74.9 cm³/mol. The number of unbranched alkanes of at least 4 members (excludes halogenated alkanes) is 2. The van der Waals surface area contributed by atoms with Gasteiger partial charge in [0, 0.05) is 26.1 Å². The minimum atomic E-state index is -0.709. The fraction of sp³-hybridized carbons (Fsp3) is 0.643. The molecule has 0 unspecified atom stereocenters. The standard InChI is InChI=1S/C14H21N3O3/c1-4-5-6-7-10-15-13(19)12(18)11-14(20)16(3)9(2)8-17(10)11/h9,18H,4-8H2,1-3H3/t9-/m0/s1. The first-order chi connectivity index (χ1) is 9.47. The Morgan fingerprint density at radius 3 is 2.70 bits per heavy atom. The first-order valence-electron chi connectivity index (χ1n) is 7.07. The van der Waals surface area contributed by atoms with Gasteiger partial charge in [0.15, 0.2) is 5.69 Å². The molecular weight excluding hydrogens is 258 g/mol. The van der Waals surface area contributed by atoms with Crippen molar-refractivity contribution < 1.29 is 9.90 Å². The van der Waals surface area contributed by atoms with Crippen LogP contribution in [0.3, 0.4) is 0 Å². The summed E-state index contributed by atoms with van der Waals surface area (Å²) < 4.78 is 1.71. The summed E-state index contributed by atoms with van der Waals surface area (Å²) in [5.74, 6) is -0.255. The van der Waals surface area contributed by atoms with Gasteiger partial charge in [-0.05, 0) is 13.3 Å². The third-order valence-electron chi connectivity index (χ3n) is 3.87. The third kappa shape index (κ3) is 2.42. The van der Waals surface area contributed by atoms with Crippen molar-refractivity contribution in [1.29, 1.82) is 0 Å². The van der Waals surface area contributed by atoms with Crippen LogP contribution >= 0.6 is 0 Å². The van der Waals surface area contributed by atoms with Crippen LogP contribution in [0, 0.1) is 0 Å². The van der Waals surface area contributed by atoms with Crippen LogP contribution in [0.2, 0.25) is 0 Å². The van der Waals surface area contributed by atoms with Crippen LogP contribution in [0.4, 0.5) is 0 Å². The predicted octanol–water partition coefficient (Wildman–Crippen LogP) is 1.16. The lowest BCUT2D eigenvalue weighted by Crippen LogP contribution is -2.46. The van der Waals surface area contributed by atoms with Gasteiger partial charge in [0.25, 0.3) is 5.91 Å². The van der Waals surface area contributed by atoms with E-state index in [9.17, 15) is 14.7 Å². The van der Waals surface area contributed by atoms with Crippen molar-refractivity contribution in [1.82, 2.24) is 14.5 Å². The molecule has 20 heavy (non-hydrogen) atoms. The van der Waals surface area contributed by atoms with Gasteiger partial charge in [-0.1, -0.05) is 19.8 Å². The Morgan fingerprint density at radius 1 is 1.35 bits per heavy atom. The number of fused-ring (bicyclic) bond motifs is 1. The van der Waals surface area contributed by atoms with E-state index in [2.05, 4.69) is 11.9 Å². The van der Waals surface area contributed by atoms with E-state index in [0.29, 0.717) is 18.8 Å². The monoisotopic (exact) mass is 279 g/mol. The number of aromatic nitrogens is 2. The number of carbonyl (C=O) groups is 1. The van der Waals surface area contributed by atoms with Crippen LogP contribution in [0.15, 0.2) is 4.79 Å². The molecule has 1 aliphatic heterocycles. The highest BCUT2D eigenvalue weighted by Crippen LogP contribution is 2.23. The molecule has 1 aromatic rings. The summed E-state index contributed by atoms with van der Waals surface area (Å²) in [5, 5.41) is 9.87. The summed E-state index contributed by atoms with van der Waals surface area (Å²) in [5.41, 5.74) is -0.629. The van der Waals surface area contributed by atoms with Crippen LogP contribution < -0.4 is 5.56 Å². The highest BCUT2D eigenvalue weighted by Gasteiger charge is 2.32. The average Bonchev–Trinajstić information content (AvgIpc) is 2.41. The second kappa shape index (κ2) is 5.64. The second-order valence-corrected chi connectivity index (χ2v) is 5.36. The van der Waals surface area contributed by atoms with Crippen molar-refractivity contribution in [3.8, 4) is 5.75 Å². The zero-order valence-corrected chi connectivity index (χ0v) is 12.2. The summed E-state index contributed by atoms with van der Waals surface area (Å²) in [6.07, 6.45) is 3.70. The normalized spacial score (nSPS) is 18.2. The van der Waals surface area contributed by atoms with Crippen molar-refractivity contribution in [2.24, 2.45) is 0 Å². The average molecular weight is 279 g/mol. The number of aryl methyl sites for hydroxylation is 1. The molecule has 6 heteroatoms. The van der Waals surface area contributed by atoms with E-state index >= 15 is 0 Å². The summed E-state index contributed by atoms with van der Waals surface area (Å²) in [6.45, 7) is 4.60. The molecule has 1 aromatic heterocycles. The number of hydrogen-bond acceptors (Lipinski definition) is 4. The highest BCUT2D eigenvalue weighted by atomic mass is 16.3. The summed E-state index contributed by atoms with van der Waals surface area (Å²) in [4.78, 5) is 29.5. The molecular formula is C14H21N3O3. The van der Waals surface area contributed by atoms with Gasteiger partial charge in [-0.3, -0.25) is 9.59 Å². The zero-order chi connectivity index (χ0) is 14.9. The summed E-state index contributed by atoms with van der Waals surface area (Å²) in [7, 11) is 1.68. The number of amides is 1. The topological polar surface area (TPSA) is 75.4 Å². The highest BCUT2D eigenvalue weighted by molar-refractivity contribution is 5.95. The first kappa shape index (κ1) is 14.6. The Bertz CT molecular complexity index is 580. The van der Waals surface area contributed by atoms with Gasteiger partial charge in [-0.2, -0.15) is 4.98 Å². The Morgan fingerprint density at radius 2 is 2.05 bits per heavy atom. The van der Waals surface area contributed by atoms with Gasteiger partial charge < -0.3 is 14.6 Å². The molecule has 0 spiro atoms. The summed E-state index contributed by atoms with van der Waals surface area (Å²) >= 11 is 0. The number of rotatable bonds is 4. The molecule has 0 fully saturated rings. The van der Waals surface area contributed by atoms with E-state index in [0.717, 1.165) is 19.3 Å². The maximum Gasteiger partial charge on any atom is 0.315 e. The Hall–Kier alpha value is -1.85. The van der Waals surface area contributed by atoms with Crippen LogP contribution in [0.5, 0.6) is 5.75 Å². The lowest BCUT2D eigenvalue weighted by Gasteiger charge is -2.33. The van der Waals surface area contributed by atoms with Gasteiger partial charge in [0.2, 0.25) is 5.75 Å². The number of carbonyl (C=O) groups excluding carboxylic acids is 1. The van der Waals surface area contributed by atoms with Crippen LogP contribution in [0.1, 0.15) is 49.4 Å². The van der Waals surface area contributed by atoms with E-state index in [-0.39, 0.29) is 17.6 Å². The van der Waals surface area contributed by atoms with Crippen LogP contribution in [-0.2, 0) is 13.0 Å². The largest absolute Gasteiger partial charge is 0.501 e. The van der Waals surface area contributed by atoms with Gasteiger partial charge >= 0.3 is 5.56 Å². The molecule has 110 valence electrons. The molecule has 1 aliphatic rings. The SMILES string of the molecule is CCCCCc1nc(=O)c(O)c2n1C[C@H](C)N(C)C2=O. The van der Waals surface area contributed by atoms with E-state index in [1.54, 1.807) is 16.5 Å². The first-order valence-corrected chi connectivity index (χ1v) is 7.07. The lowest BCUT2D eigenvalue weighted by atomic mass is 10.1. The minimum absolute atomic E-state index is 0.0172. The Balaban J connectivity index is 2.48. The van der Waals surface area contributed by atoms with Crippen molar-refractivity contribution in [2.45, 2.75) is 52.1 Å². The quantitative estimate of drug-likeness (QED) is 0.839. The lowest BCUT2D eigenvalue weighted by molar-refractivity contribution is 0.0661. The van der Waals surface area contributed by atoms with E-state index in [1.165, 1.54) is 0 Å². The molecule has 2 heterocycles. The fourth-order valence-corrected chi connectivity index (χ4v) is 2.48. The third-order valence-corrected chi connectivity index (χ3v) is 3.87. The molecule has 0 saturated heterocycles. The maximum atomic E-state index is 12.3.